The van der Waals surface area contributed by atoms with E-state index in [1.165, 1.54) is 16.7 Å². The van der Waals surface area contributed by atoms with E-state index in [1.54, 1.807) is 6.07 Å². The quantitative estimate of drug-likeness (QED) is 0.858. The number of phenols is 1. The third-order valence-electron chi connectivity index (χ3n) is 3.50. The Balaban J connectivity index is 1.86. The van der Waals surface area contributed by atoms with Crippen LogP contribution < -0.4 is 5.32 Å². The van der Waals surface area contributed by atoms with Gasteiger partial charge in [0.15, 0.2) is 0 Å². The van der Waals surface area contributed by atoms with Gasteiger partial charge in [0.1, 0.15) is 5.75 Å². The molecule has 0 fully saturated rings. The summed E-state index contributed by atoms with van der Waals surface area (Å²) in [5.74, 6) is 0.353. The monoisotopic (exact) mass is 251 g/mol. The van der Waals surface area contributed by atoms with E-state index in [-0.39, 0.29) is 6.04 Å². The van der Waals surface area contributed by atoms with Crippen LogP contribution in [0.2, 0.25) is 0 Å². The molecule has 0 bridgehead atoms. The fourth-order valence-corrected chi connectivity index (χ4v) is 2.53. The number of benzene rings is 2. The highest BCUT2D eigenvalue weighted by molar-refractivity contribution is 5.51. The third kappa shape index (κ3) is 2.69. The molecule has 1 aliphatic heterocycles. The molecular weight excluding hydrogens is 234 g/mol. The van der Waals surface area contributed by atoms with Gasteiger partial charge in [-0.2, -0.15) is 0 Å². The van der Waals surface area contributed by atoms with Crippen molar-refractivity contribution in [1.82, 2.24) is 5.32 Å². The molecule has 2 aromatic rings. The molecule has 0 amide bonds. The van der Waals surface area contributed by atoms with Crippen molar-refractivity contribution in [2.24, 2.45) is 0 Å². The van der Waals surface area contributed by atoms with Crippen LogP contribution in [0.1, 0.15) is 22.7 Å². The molecule has 0 aromatic heterocycles. The van der Waals surface area contributed by atoms with Crippen LogP contribution in [0.4, 0.5) is 0 Å². The first-order valence-electron chi connectivity index (χ1n) is 6.61. The molecule has 0 saturated carbocycles. The Hall–Kier alpha value is -2.06. The van der Waals surface area contributed by atoms with Crippen LogP contribution >= 0.6 is 0 Å². The van der Waals surface area contributed by atoms with Crippen molar-refractivity contribution in [3.63, 3.8) is 0 Å². The fourth-order valence-electron chi connectivity index (χ4n) is 2.53. The number of hydrogen-bond donors (Lipinski definition) is 2. The van der Waals surface area contributed by atoms with Gasteiger partial charge in [0.25, 0.3) is 0 Å². The van der Waals surface area contributed by atoms with E-state index < -0.39 is 0 Å². The molecule has 19 heavy (non-hydrogen) atoms. The molecule has 2 N–H and O–H groups in total. The van der Waals surface area contributed by atoms with E-state index in [1.807, 2.05) is 30.3 Å². The highest BCUT2D eigenvalue weighted by Gasteiger charge is 2.17. The Morgan fingerprint density at radius 2 is 1.95 bits per heavy atom. The number of fused-ring (bicyclic) bond motifs is 1. The lowest BCUT2D eigenvalue weighted by Gasteiger charge is -2.24. The van der Waals surface area contributed by atoms with Crippen molar-refractivity contribution >= 4 is 6.08 Å². The first kappa shape index (κ1) is 12.0. The molecule has 0 saturated heterocycles. The molecule has 0 aliphatic carbocycles. The molecule has 2 heteroatoms. The molecule has 2 nitrogen and oxygen atoms in total. The molecule has 3 rings (SSSR count). The zero-order valence-electron chi connectivity index (χ0n) is 10.7. The third-order valence-corrected chi connectivity index (χ3v) is 3.50. The van der Waals surface area contributed by atoms with Crippen LogP contribution in [-0.2, 0) is 6.42 Å². The van der Waals surface area contributed by atoms with Crippen LogP contribution in [0.25, 0.3) is 6.08 Å². The molecule has 0 radical (unpaired) electrons. The molecule has 0 spiro atoms. The smallest absolute Gasteiger partial charge is 0.115 e. The SMILES string of the molecule is Oc1ccc2c(c1)CCNC2/C=C/c1ccccc1. The average Bonchev–Trinajstić information content (AvgIpc) is 2.45. The number of phenolic OH excluding ortho intramolecular Hbond substituents is 1. The van der Waals surface area contributed by atoms with Crippen LogP contribution in [0, 0.1) is 0 Å². The van der Waals surface area contributed by atoms with Crippen LogP contribution in [0.5, 0.6) is 5.75 Å². The Kier molecular flexibility index (Phi) is 3.34. The highest BCUT2D eigenvalue weighted by Crippen LogP contribution is 2.27. The second-order valence-corrected chi connectivity index (χ2v) is 4.83. The second kappa shape index (κ2) is 5.29. The molecule has 2 aromatic carbocycles. The van der Waals surface area contributed by atoms with Crippen molar-refractivity contribution in [1.29, 1.82) is 0 Å². The largest absolute Gasteiger partial charge is 0.508 e. The Bertz CT molecular complexity index is 589. The lowest BCUT2D eigenvalue weighted by Crippen LogP contribution is -2.28. The van der Waals surface area contributed by atoms with Gasteiger partial charge in [0, 0.05) is 6.54 Å². The summed E-state index contributed by atoms with van der Waals surface area (Å²) in [7, 11) is 0. The number of nitrogens with one attached hydrogen (secondary N) is 1. The van der Waals surface area contributed by atoms with Gasteiger partial charge in [-0.3, -0.25) is 0 Å². The summed E-state index contributed by atoms with van der Waals surface area (Å²) in [6.45, 7) is 0.945. The topological polar surface area (TPSA) is 32.3 Å². The zero-order valence-corrected chi connectivity index (χ0v) is 10.7. The summed E-state index contributed by atoms with van der Waals surface area (Å²) in [5.41, 5.74) is 3.70. The number of aromatic hydroxyl groups is 1. The lowest BCUT2D eigenvalue weighted by molar-refractivity contribution is 0.472. The van der Waals surface area contributed by atoms with Crippen LogP contribution in [0.3, 0.4) is 0 Å². The molecule has 1 heterocycles. The predicted molar refractivity (Wildman–Crippen MR) is 78.0 cm³/mol. The van der Waals surface area contributed by atoms with Crippen LogP contribution in [0.15, 0.2) is 54.6 Å². The highest BCUT2D eigenvalue weighted by atomic mass is 16.3. The minimum Gasteiger partial charge on any atom is -0.508 e. The van der Waals surface area contributed by atoms with Gasteiger partial charge < -0.3 is 10.4 Å². The standard InChI is InChI=1S/C17H17NO/c19-15-7-8-16-14(12-15)10-11-18-17(16)9-6-13-4-2-1-3-5-13/h1-9,12,17-19H,10-11H2/b9-6+. The van der Waals surface area contributed by atoms with Gasteiger partial charge in [-0.1, -0.05) is 48.6 Å². The van der Waals surface area contributed by atoms with Gasteiger partial charge in [-0.15, -0.1) is 0 Å². The maximum atomic E-state index is 9.54. The minimum absolute atomic E-state index is 0.226. The van der Waals surface area contributed by atoms with E-state index in [0.717, 1.165) is 13.0 Å². The molecule has 96 valence electrons. The van der Waals surface area contributed by atoms with Gasteiger partial charge in [0.2, 0.25) is 0 Å². The summed E-state index contributed by atoms with van der Waals surface area (Å²) in [6.07, 6.45) is 5.30. The van der Waals surface area contributed by atoms with Crippen molar-refractivity contribution in [2.45, 2.75) is 12.5 Å². The summed E-state index contributed by atoms with van der Waals surface area (Å²) in [5, 5.41) is 13.0. The summed E-state index contributed by atoms with van der Waals surface area (Å²) in [6, 6.07) is 16.2. The molecule has 1 atom stereocenters. The van der Waals surface area contributed by atoms with Gasteiger partial charge >= 0.3 is 0 Å². The number of hydrogen-bond acceptors (Lipinski definition) is 2. The van der Waals surface area contributed by atoms with E-state index in [2.05, 4.69) is 29.6 Å². The van der Waals surface area contributed by atoms with Gasteiger partial charge in [-0.25, -0.2) is 0 Å². The summed E-state index contributed by atoms with van der Waals surface area (Å²) < 4.78 is 0. The van der Waals surface area contributed by atoms with Crippen molar-refractivity contribution < 1.29 is 5.11 Å². The normalized spacial score (nSPS) is 18.4. The van der Waals surface area contributed by atoms with Crippen molar-refractivity contribution in [2.75, 3.05) is 6.54 Å². The van der Waals surface area contributed by atoms with E-state index in [9.17, 15) is 5.11 Å². The maximum absolute atomic E-state index is 9.54. The average molecular weight is 251 g/mol. The molecular formula is C17H17NO. The maximum Gasteiger partial charge on any atom is 0.115 e. The van der Waals surface area contributed by atoms with Crippen molar-refractivity contribution in [3.8, 4) is 5.75 Å². The van der Waals surface area contributed by atoms with E-state index in [4.69, 9.17) is 0 Å². The fraction of sp³-hybridized carbons (Fsp3) is 0.176. The second-order valence-electron chi connectivity index (χ2n) is 4.83. The minimum atomic E-state index is 0.226. The Labute approximate surface area is 113 Å². The van der Waals surface area contributed by atoms with E-state index in [0.29, 0.717) is 5.75 Å². The first-order valence-corrected chi connectivity index (χ1v) is 6.61. The zero-order chi connectivity index (χ0) is 13.1. The lowest BCUT2D eigenvalue weighted by atomic mass is 9.93. The van der Waals surface area contributed by atoms with E-state index >= 15 is 0 Å². The summed E-state index contributed by atoms with van der Waals surface area (Å²) in [4.78, 5) is 0. The first-order chi connectivity index (χ1) is 9.33. The van der Waals surface area contributed by atoms with Crippen molar-refractivity contribution in [3.05, 3.63) is 71.3 Å². The molecule has 1 unspecified atom stereocenters. The predicted octanol–water partition coefficient (Wildman–Crippen LogP) is 3.29. The summed E-state index contributed by atoms with van der Waals surface area (Å²) >= 11 is 0. The molecule has 1 aliphatic rings. The van der Waals surface area contributed by atoms with Gasteiger partial charge in [0.05, 0.1) is 6.04 Å². The number of rotatable bonds is 2. The Morgan fingerprint density at radius 3 is 2.79 bits per heavy atom. The Morgan fingerprint density at radius 1 is 1.11 bits per heavy atom. The van der Waals surface area contributed by atoms with Crippen LogP contribution in [-0.4, -0.2) is 11.7 Å². The van der Waals surface area contributed by atoms with Gasteiger partial charge in [-0.05, 0) is 35.2 Å².